The van der Waals surface area contributed by atoms with E-state index in [1.165, 1.54) is 6.20 Å². The first-order valence-corrected chi connectivity index (χ1v) is 8.37. The Labute approximate surface area is 144 Å². The van der Waals surface area contributed by atoms with Crippen molar-refractivity contribution in [3.8, 4) is 0 Å². The zero-order valence-corrected chi connectivity index (χ0v) is 14.3. The quantitative estimate of drug-likeness (QED) is 0.882. The third-order valence-electron chi connectivity index (χ3n) is 4.89. The monoisotopic (exact) mass is 347 g/mol. The van der Waals surface area contributed by atoms with E-state index in [2.05, 4.69) is 30.3 Å². The number of carbonyl (C=O) groups is 1. The summed E-state index contributed by atoms with van der Waals surface area (Å²) in [4.78, 5) is 21.3. The van der Waals surface area contributed by atoms with Crippen LogP contribution in [-0.2, 0) is 0 Å². The van der Waals surface area contributed by atoms with Crippen molar-refractivity contribution < 1.29 is 4.79 Å². The zero-order valence-electron chi connectivity index (χ0n) is 13.5. The van der Waals surface area contributed by atoms with E-state index in [1.807, 2.05) is 18.7 Å². The summed E-state index contributed by atoms with van der Waals surface area (Å²) in [6.07, 6.45) is 3.48. The van der Waals surface area contributed by atoms with Gasteiger partial charge in [0.1, 0.15) is 5.69 Å². The van der Waals surface area contributed by atoms with E-state index in [4.69, 9.17) is 11.6 Å². The molecule has 2 unspecified atom stereocenters. The molecule has 2 fully saturated rings. The van der Waals surface area contributed by atoms with Crippen molar-refractivity contribution >= 4 is 23.5 Å². The maximum absolute atomic E-state index is 12.7. The molecule has 2 saturated heterocycles. The van der Waals surface area contributed by atoms with Crippen LogP contribution < -0.4 is 4.90 Å². The number of hydrogen-bond donors (Lipinski definition) is 1. The predicted octanol–water partition coefficient (Wildman–Crippen LogP) is 1.36. The van der Waals surface area contributed by atoms with Gasteiger partial charge in [-0.2, -0.15) is 10.2 Å². The molecule has 126 valence electrons. The summed E-state index contributed by atoms with van der Waals surface area (Å²) in [5.74, 6) is 0.561. The highest BCUT2D eigenvalue weighted by atomic mass is 35.5. The molecule has 2 aromatic heterocycles. The summed E-state index contributed by atoms with van der Waals surface area (Å²) in [5.41, 5.74) is 2.09. The van der Waals surface area contributed by atoms with Gasteiger partial charge in [0.15, 0.2) is 0 Å². The van der Waals surface area contributed by atoms with E-state index in [9.17, 15) is 4.79 Å². The molecule has 1 amide bonds. The van der Waals surface area contributed by atoms with Gasteiger partial charge in [0.05, 0.1) is 34.7 Å². The molecule has 0 saturated carbocycles. The predicted molar refractivity (Wildman–Crippen MR) is 88.1 cm³/mol. The van der Waals surface area contributed by atoms with Crippen molar-refractivity contribution in [2.24, 2.45) is 0 Å². The first-order chi connectivity index (χ1) is 11.5. The van der Waals surface area contributed by atoms with Crippen molar-refractivity contribution in [1.82, 2.24) is 30.3 Å². The summed E-state index contributed by atoms with van der Waals surface area (Å²) in [5, 5.41) is 15.3. The van der Waals surface area contributed by atoms with Crippen molar-refractivity contribution in [1.29, 1.82) is 0 Å². The van der Waals surface area contributed by atoms with Gasteiger partial charge >= 0.3 is 0 Å². The molecule has 4 heterocycles. The van der Waals surface area contributed by atoms with Crippen LogP contribution in [0.2, 0.25) is 5.02 Å². The number of amides is 1. The Balaban J connectivity index is 1.56. The van der Waals surface area contributed by atoms with E-state index >= 15 is 0 Å². The zero-order chi connectivity index (χ0) is 16.8. The highest BCUT2D eigenvalue weighted by Crippen LogP contribution is 2.33. The SMILES string of the molecule is Cc1nnc(N2C3CCC2CN(C(=O)c2[nH]ncc2Cl)C3)nc1C. The van der Waals surface area contributed by atoms with Crippen LogP contribution in [0, 0.1) is 13.8 Å². The Morgan fingerprint density at radius 1 is 1.21 bits per heavy atom. The fourth-order valence-electron chi connectivity index (χ4n) is 3.53. The van der Waals surface area contributed by atoms with Crippen molar-refractivity contribution in [3.05, 3.63) is 28.3 Å². The van der Waals surface area contributed by atoms with Gasteiger partial charge in [-0.15, -0.1) is 5.10 Å². The molecule has 0 spiro atoms. The molecule has 2 aliphatic rings. The second-order valence-electron chi connectivity index (χ2n) is 6.38. The maximum atomic E-state index is 12.7. The van der Waals surface area contributed by atoms with Gasteiger partial charge in [0.2, 0.25) is 5.95 Å². The average Bonchev–Trinajstić information content (AvgIpc) is 3.10. The number of aromatic amines is 1. The maximum Gasteiger partial charge on any atom is 0.273 e. The molecule has 2 bridgehead atoms. The van der Waals surface area contributed by atoms with Gasteiger partial charge in [0.25, 0.3) is 5.91 Å². The molecule has 9 heteroatoms. The number of fused-ring (bicyclic) bond motifs is 2. The highest BCUT2D eigenvalue weighted by Gasteiger charge is 2.43. The van der Waals surface area contributed by atoms with Gasteiger partial charge in [-0.3, -0.25) is 9.89 Å². The third kappa shape index (κ3) is 2.41. The van der Waals surface area contributed by atoms with E-state index < -0.39 is 0 Å². The largest absolute Gasteiger partial charge is 0.333 e. The number of rotatable bonds is 2. The lowest BCUT2D eigenvalue weighted by Crippen LogP contribution is -2.56. The summed E-state index contributed by atoms with van der Waals surface area (Å²) in [6.45, 7) is 5.09. The number of nitrogens with one attached hydrogen (secondary N) is 1. The van der Waals surface area contributed by atoms with Crippen LogP contribution >= 0.6 is 11.6 Å². The van der Waals surface area contributed by atoms with Gasteiger partial charge in [0, 0.05) is 13.1 Å². The van der Waals surface area contributed by atoms with Crippen LogP contribution in [0.5, 0.6) is 0 Å². The molecular weight excluding hydrogens is 330 g/mol. The lowest BCUT2D eigenvalue weighted by molar-refractivity contribution is 0.0711. The van der Waals surface area contributed by atoms with E-state index in [-0.39, 0.29) is 18.0 Å². The highest BCUT2D eigenvalue weighted by molar-refractivity contribution is 6.33. The van der Waals surface area contributed by atoms with Crippen LogP contribution in [-0.4, -0.2) is 61.4 Å². The molecule has 2 aromatic rings. The minimum atomic E-state index is -0.104. The molecule has 0 aromatic carbocycles. The molecule has 24 heavy (non-hydrogen) atoms. The third-order valence-corrected chi connectivity index (χ3v) is 5.17. The number of aryl methyl sites for hydroxylation is 2. The first kappa shape index (κ1) is 15.3. The fourth-order valence-corrected chi connectivity index (χ4v) is 3.70. The molecule has 0 aliphatic carbocycles. The Kier molecular flexibility index (Phi) is 3.64. The number of hydrogen-bond acceptors (Lipinski definition) is 6. The number of anilines is 1. The van der Waals surface area contributed by atoms with Crippen molar-refractivity contribution in [3.63, 3.8) is 0 Å². The summed E-state index contributed by atoms with van der Waals surface area (Å²) < 4.78 is 0. The fraction of sp³-hybridized carbons (Fsp3) is 0.533. The van der Waals surface area contributed by atoms with E-state index in [0.717, 1.165) is 24.2 Å². The molecule has 2 atom stereocenters. The Bertz CT molecular complexity index is 778. The molecular formula is C15H18ClN7O. The average molecular weight is 348 g/mol. The number of piperazine rings is 1. The smallest absolute Gasteiger partial charge is 0.273 e. The van der Waals surface area contributed by atoms with Crippen LogP contribution in [0.4, 0.5) is 5.95 Å². The topological polar surface area (TPSA) is 90.9 Å². The molecule has 4 rings (SSSR count). The molecule has 2 aliphatic heterocycles. The van der Waals surface area contributed by atoms with Gasteiger partial charge in [-0.05, 0) is 26.7 Å². The summed E-state index contributed by atoms with van der Waals surface area (Å²) in [7, 11) is 0. The van der Waals surface area contributed by atoms with Crippen LogP contribution in [0.3, 0.4) is 0 Å². The van der Waals surface area contributed by atoms with Crippen molar-refractivity contribution in [2.45, 2.75) is 38.8 Å². The van der Waals surface area contributed by atoms with Crippen molar-refractivity contribution in [2.75, 3.05) is 18.0 Å². The minimum Gasteiger partial charge on any atom is -0.333 e. The standard InChI is InChI=1S/C15H18ClN7O/c1-8-9(2)19-21-15(18-8)23-10-3-4-11(23)7-22(6-10)14(24)13-12(16)5-17-20-13/h5,10-11H,3-4,6-7H2,1-2H3,(H,17,20). The Morgan fingerprint density at radius 3 is 2.50 bits per heavy atom. The number of likely N-dealkylation sites (tertiary alicyclic amines) is 1. The Morgan fingerprint density at radius 2 is 1.92 bits per heavy atom. The molecule has 0 radical (unpaired) electrons. The lowest BCUT2D eigenvalue weighted by Gasteiger charge is -2.40. The first-order valence-electron chi connectivity index (χ1n) is 7.99. The van der Waals surface area contributed by atoms with Crippen LogP contribution in [0.25, 0.3) is 0 Å². The normalized spacial score (nSPS) is 23.0. The molecule has 8 nitrogen and oxygen atoms in total. The van der Waals surface area contributed by atoms with E-state index in [1.54, 1.807) is 0 Å². The van der Waals surface area contributed by atoms with Gasteiger partial charge in [-0.25, -0.2) is 4.98 Å². The number of carbonyl (C=O) groups excluding carboxylic acids is 1. The number of halogens is 1. The summed E-state index contributed by atoms with van der Waals surface area (Å²) >= 11 is 6.02. The minimum absolute atomic E-state index is 0.104. The second kappa shape index (κ2) is 5.70. The molecule has 1 N–H and O–H groups in total. The Hall–Kier alpha value is -2.22. The van der Waals surface area contributed by atoms with Crippen LogP contribution in [0.15, 0.2) is 6.20 Å². The van der Waals surface area contributed by atoms with Crippen LogP contribution in [0.1, 0.15) is 34.7 Å². The lowest BCUT2D eigenvalue weighted by atomic mass is 10.2. The summed E-state index contributed by atoms with van der Waals surface area (Å²) in [6, 6.07) is 0.414. The van der Waals surface area contributed by atoms with E-state index in [0.29, 0.717) is 29.8 Å². The number of nitrogens with zero attached hydrogens (tertiary/aromatic N) is 6. The second-order valence-corrected chi connectivity index (χ2v) is 6.79. The van der Waals surface area contributed by atoms with Gasteiger partial charge < -0.3 is 9.80 Å². The number of H-pyrrole nitrogens is 1. The number of aromatic nitrogens is 5. The van der Waals surface area contributed by atoms with Gasteiger partial charge in [-0.1, -0.05) is 11.6 Å².